The SMILES string of the molecule is CSc1c(Oc2ccc(F)c(-c3ncc(C4(C)CCOC5C(CCC=O)=CC(F)=CC54)[nH]3)c2)c(F)c(F)c2[nH]ccc12. The van der Waals surface area contributed by atoms with Crippen molar-refractivity contribution in [1.82, 2.24) is 15.0 Å². The summed E-state index contributed by atoms with van der Waals surface area (Å²) in [7, 11) is 0. The number of carbonyl (C=O) groups is 1. The molecule has 3 unspecified atom stereocenters. The van der Waals surface area contributed by atoms with Crippen LogP contribution in [-0.2, 0) is 14.9 Å². The van der Waals surface area contributed by atoms with Gasteiger partial charge in [0.15, 0.2) is 11.6 Å². The fourth-order valence-corrected chi connectivity index (χ4v) is 6.63. The van der Waals surface area contributed by atoms with Gasteiger partial charge in [-0.3, -0.25) is 0 Å². The highest BCUT2D eigenvalue weighted by Gasteiger charge is 2.47. The molecule has 1 aliphatic carbocycles. The van der Waals surface area contributed by atoms with Gasteiger partial charge in [0.1, 0.15) is 29.5 Å². The fourth-order valence-electron chi connectivity index (χ4n) is 5.93. The van der Waals surface area contributed by atoms with Gasteiger partial charge < -0.3 is 24.2 Å². The minimum Gasteiger partial charge on any atom is -0.453 e. The van der Waals surface area contributed by atoms with E-state index >= 15 is 8.78 Å². The number of thioether (sulfide) groups is 1. The summed E-state index contributed by atoms with van der Waals surface area (Å²) < 4.78 is 71.5. The van der Waals surface area contributed by atoms with Crippen molar-refractivity contribution in [1.29, 1.82) is 0 Å². The highest BCUT2D eigenvalue weighted by atomic mass is 32.2. The monoisotopic (exact) mass is 597 g/mol. The molecule has 0 spiro atoms. The highest BCUT2D eigenvalue weighted by Crippen LogP contribution is 2.47. The molecule has 6 nitrogen and oxygen atoms in total. The van der Waals surface area contributed by atoms with Crippen LogP contribution in [0.25, 0.3) is 22.3 Å². The lowest BCUT2D eigenvalue weighted by Gasteiger charge is -2.46. The lowest BCUT2D eigenvalue weighted by Crippen LogP contribution is -2.47. The molecular formula is C31H27F4N3O3S. The van der Waals surface area contributed by atoms with Crippen LogP contribution in [0.3, 0.4) is 0 Å². The van der Waals surface area contributed by atoms with Gasteiger partial charge in [-0.15, -0.1) is 11.8 Å². The van der Waals surface area contributed by atoms with E-state index in [9.17, 15) is 13.6 Å². The summed E-state index contributed by atoms with van der Waals surface area (Å²) in [6, 6.07) is 5.51. The molecule has 2 aromatic carbocycles. The standard InChI is InChI=1S/C31H27F4N3O3S/c1-31(8-11-40-27-16(4-3-10-39)12-17(32)13-21(27)31)23-15-37-30(38-23)20-14-18(5-6-22(20)33)41-28-25(35)24(34)26-19(7-9-36-26)29(28)42-2/h5-7,9-10,12-15,21,27,36H,3-4,8,11H2,1-2H3,(H,37,38). The number of halogens is 4. The number of allylic oxidation sites excluding steroid dienone is 2. The van der Waals surface area contributed by atoms with Crippen LogP contribution in [0.4, 0.5) is 17.6 Å². The van der Waals surface area contributed by atoms with E-state index in [1.54, 1.807) is 18.5 Å². The minimum absolute atomic E-state index is 0.0370. The Morgan fingerprint density at radius 3 is 2.83 bits per heavy atom. The molecule has 1 aliphatic heterocycles. The van der Waals surface area contributed by atoms with Crippen molar-refractivity contribution >= 4 is 29.0 Å². The first-order chi connectivity index (χ1) is 20.2. The molecule has 0 radical (unpaired) electrons. The number of aldehydes is 1. The van der Waals surface area contributed by atoms with Crippen molar-refractivity contribution in [3.63, 3.8) is 0 Å². The van der Waals surface area contributed by atoms with Crippen LogP contribution < -0.4 is 4.74 Å². The molecule has 2 aromatic heterocycles. The maximum Gasteiger partial charge on any atom is 0.204 e. The molecule has 1 fully saturated rings. The predicted octanol–water partition coefficient (Wildman–Crippen LogP) is 7.92. The van der Waals surface area contributed by atoms with Gasteiger partial charge in [-0.2, -0.15) is 4.39 Å². The molecule has 4 aromatic rings. The van der Waals surface area contributed by atoms with Gasteiger partial charge in [-0.05, 0) is 61.1 Å². The number of aromatic nitrogens is 3. The summed E-state index contributed by atoms with van der Waals surface area (Å²) in [6.45, 7) is 2.38. The van der Waals surface area contributed by atoms with E-state index in [1.165, 1.54) is 48.3 Å². The lowest BCUT2D eigenvalue weighted by molar-refractivity contribution is -0.107. The number of aromatic amines is 2. The second-order valence-electron chi connectivity index (χ2n) is 10.6. The Morgan fingerprint density at radius 2 is 2.05 bits per heavy atom. The van der Waals surface area contributed by atoms with Crippen molar-refractivity contribution in [2.75, 3.05) is 12.9 Å². The van der Waals surface area contributed by atoms with E-state index in [1.807, 2.05) is 6.92 Å². The molecule has 3 atom stereocenters. The van der Waals surface area contributed by atoms with Crippen LogP contribution in [-0.4, -0.2) is 40.2 Å². The number of imidazole rings is 1. The number of fused-ring (bicyclic) bond motifs is 2. The van der Waals surface area contributed by atoms with Crippen molar-refractivity contribution in [2.45, 2.75) is 42.6 Å². The van der Waals surface area contributed by atoms with Gasteiger partial charge in [-0.25, -0.2) is 18.2 Å². The average Bonchev–Trinajstić information content (AvgIpc) is 3.67. The maximum absolute atomic E-state index is 15.1. The van der Waals surface area contributed by atoms with Crippen molar-refractivity contribution in [2.24, 2.45) is 5.92 Å². The predicted molar refractivity (Wildman–Crippen MR) is 152 cm³/mol. The number of hydrogen-bond donors (Lipinski definition) is 2. The van der Waals surface area contributed by atoms with Crippen LogP contribution in [0.5, 0.6) is 11.5 Å². The van der Waals surface area contributed by atoms with Gasteiger partial charge in [0.2, 0.25) is 5.82 Å². The fraction of sp³-hybridized carbons (Fsp3) is 0.290. The number of hydrogen-bond acceptors (Lipinski definition) is 5. The third kappa shape index (κ3) is 4.74. The van der Waals surface area contributed by atoms with E-state index < -0.39 is 34.8 Å². The summed E-state index contributed by atoms with van der Waals surface area (Å²) in [5, 5.41) is 0.467. The van der Waals surface area contributed by atoms with E-state index in [0.717, 1.165) is 11.9 Å². The van der Waals surface area contributed by atoms with Crippen molar-refractivity contribution < 1.29 is 31.8 Å². The second kappa shape index (κ2) is 11.1. The van der Waals surface area contributed by atoms with Crippen LogP contribution >= 0.6 is 11.8 Å². The van der Waals surface area contributed by atoms with Crippen molar-refractivity contribution in [3.05, 3.63) is 83.4 Å². The molecule has 2 aliphatic rings. The van der Waals surface area contributed by atoms with Gasteiger partial charge in [0, 0.05) is 47.8 Å². The highest BCUT2D eigenvalue weighted by molar-refractivity contribution is 7.99. The number of nitrogens with zero attached hydrogens (tertiary/aromatic N) is 1. The van der Waals surface area contributed by atoms with Gasteiger partial charge in [0.05, 0.1) is 22.1 Å². The lowest BCUT2D eigenvalue weighted by atomic mass is 9.65. The summed E-state index contributed by atoms with van der Waals surface area (Å²) >= 11 is 1.20. The first-order valence-corrected chi connectivity index (χ1v) is 14.7. The first-order valence-electron chi connectivity index (χ1n) is 13.4. The number of carbonyl (C=O) groups excluding carboxylic acids is 1. The van der Waals surface area contributed by atoms with Gasteiger partial charge in [0.25, 0.3) is 0 Å². The Morgan fingerprint density at radius 1 is 1.21 bits per heavy atom. The zero-order valence-corrected chi connectivity index (χ0v) is 23.6. The molecular weight excluding hydrogens is 570 g/mol. The molecule has 2 N–H and O–H groups in total. The number of H-pyrrole nitrogens is 2. The Hall–Kier alpha value is -3.83. The Balaban J connectivity index is 1.33. The van der Waals surface area contributed by atoms with E-state index in [-0.39, 0.29) is 40.7 Å². The van der Waals surface area contributed by atoms with E-state index in [2.05, 4.69) is 15.0 Å². The van der Waals surface area contributed by atoms with Crippen molar-refractivity contribution in [3.8, 4) is 22.9 Å². The Kier molecular flexibility index (Phi) is 7.48. The molecule has 0 amide bonds. The smallest absolute Gasteiger partial charge is 0.204 e. The summed E-state index contributed by atoms with van der Waals surface area (Å²) in [4.78, 5) is 21.7. The third-order valence-electron chi connectivity index (χ3n) is 8.18. The molecule has 11 heteroatoms. The molecule has 42 heavy (non-hydrogen) atoms. The largest absolute Gasteiger partial charge is 0.453 e. The quantitative estimate of drug-likeness (QED) is 0.123. The summed E-state index contributed by atoms with van der Waals surface area (Å²) in [6.07, 6.45) is 9.41. The molecule has 1 saturated heterocycles. The molecule has 0 bridgehead atoms. The molecule has 0 saturated carbocycles. The Bertz CT molecular complexity index is 1750. The first kappa shape index (κ1) is 28.3. The van der Waals surface area contributed by atoms with Crippen LogP contribution in [0, 0.1) is 23.4 Å². The summed E-state index contributed by atoms with van der Waals surface area (Å²) in [5.74, 6) is -3.60. The van der Waals surface area contributed by atoms with Gasteiger partial charge in [-0.1, -0.05) is 6.92 Å². The Labute approximate surface area is 243 Å². The second-order valence-corrected chi connectivity index (χ2v) is 11.4. The number of ether oxygens (including phenoxy) is 2. The zero-order valence-electron chi connectivity index (χ0n) is 22.8. The zero-order chi connectivity index (χ0) is 29.6. The molecule has 6 rings (SSSR count). The molecule has 218 valence electrons. The van der Waals surface area contributed by atoms with Gasteiger partial charge >= 0.3 is 0 Å². The van der Waals surface area contributed by atoms with E-state index in [0.29, 0.717) is 35.4 Å². The normalized spacial score (nSPS) is 22.0. The molecule has 3 heterocycles. The minimum atomic E-state index is -1.16. The van der Waals surface area contributed by atoms with Crippen LogP contribution in [0.1, 0.15) is 31.9 Å². The summed E-state index contributed by atoms with van der Waals surface area (Å²) in [5.41, 5.74) is 0.862. The topological polar surface area (TPSA) is 80.0 Å². The number of nitrogens with one attached hydrogen (secondary N) is 2. The third-order valence-corrected chi connectivity index (χ3v) is 8.99. The number of benzene rings is 2. The maximum atomic E-state index is 15.1. The van der Waals surface area contributed by atoms with Crippen LogP contribution in [0.2, 0.25) is 0 Å². The van der Waals surface area contributed by atoms with Crippen LogP contribution in [0.15, 0.2) is 65.1 Å². The average molecular weight is 598 g/mol. The van der Waals surface area contributed by atoms with E-state index in [4.69, 9.17) is 9.47 Å². The number of rotatable bonds is 8.